The maximum Gasteiger partial charge on any atom is 0.261 e. The van der Waals surface area contributed by atoms with Crippen LogP contribution in [0, 0.1) is 5.92 Å². The molecule has 1 aliphatic carbocycles. The molecular formula is C13H17N3O2. The third kappa shape index (κ3) is 1.95. The fraction of sp³-hybridized carbons (Fsp3) is 0.538. The fourth-order valence-electron chi connectivity index (χ4n) is 2.43. The molecule has 0 aliphatic heterocycles. The molecule has 2 N–H and O–H groups in total. The topological polar surface area (TPSA) is 78.1 Å². The van der Waals surface area contributed by atoms with Gasteiger partial charge in [-0.1, -0.05) is 12.1 Å². The van der Waals surface area contributed by atoms with Gasteiger partial charge in [-0.25, -0.2) is 0 Å². The molecule has 0 bridgehead atoms. The van der Waals surface area contributed by atoms with Gasteiger partial charge in [0.05, 0.1) is 17.4 Å². The van der Waals surface area contributed by atoms with Crippen LogP contribution in [0.25, 0.3) is 11.5 Å². The SMILES string of the molecule is CC1CCC(N)(c2noc(-c3ccoc3)n2)CC1. The predicted molar refractivity (Wildman–Crippen MR) is 65.5 cm³/mol. The molecule has 3 rings (SSSR count). The van der Waals surface area contributed by atoms with Crippen LogP contribution in [-0.2, 0) is 5.54 Å². The van der Waals surface area contributed by atoms with Gasteiger partial charge >= 0.3 is 0 Å². The summed E-state index contributed by atoms with van der Waals surface area (Å²) in [6, 6.07) is 1.80. The van der Waals surface area contributed by atoms with E-state index < -0.39 is 5.54 Å². The molecule has 1 fully saturated rings. The molecular weight excluding hydrogens is 230 g/mol. The number of rotatable bonds is 2. The Kier molecular flexibility index (Phi) is 2.70. The Bertz CT molecular complexity index is 510. The normalized spacial score (nSPS) is 28.4. The molecule has 0 amide bonds. The van der Waals surface area contributed by atoms with E-state index in [4.69, 9.17) is 14.7 Å². The van der Waals surface area contributed by atoms with Gasteiger partial charge in [-0.15, -0.1) is 0 Å². The molecule has 2 aromatic rings. The van der Waals surface area contributed by atoms with Gasteiger partial charge in [-0.05, 0) is 37.7 Å². The quantitative estimate of drug-likeness (QED) is 0.882. The smallest absolute Gasteiger partial charge is 0.261 e. The second-order valence-corrected chi connectivity index (χ2v) is 5.27. The summed E-state index contributed by atoms with van der Waals surface area (Å²) in [5.41, 5.74) is 6.76. The lowest BCUT2D eigenvalue weighted by atomic mass is 9.77. The zero-order valence-electron chi connectivity index (χ0n) is 10.4. The highest BCUT2D eigenvalue weighted by Crippen LogP contribution is 2.36. The number of aromatic nitrogens is 2. The van der Waals surface area contributed by atoms with Crippen LogP contribution in [0.5, 0.6) is 0 Å². The van der Waals surface area contributed by atoms with E-state index in [0.717, 1.165) is 37.2 Å². The van der Waals surface area contributed by atoms with Gasteiger partial charge < -0.3 is 14.7 Å². The van der Waals surface area contributed by atoms with Crippen molar-refractivity contribution in [3.8, 4) is 11.5 Å². The van der Waals surface area contributed by atoms with Crippen LogP contribution < -0.4 is 5.73 Å². The van der Waals surface area contributed by atoms with E-state index in [1.54, 1.807) is 18.6 Å². The maximum atomic E-state index is 6.40. The summed E-state index contributed by atoms with van der Waals surface area (Å²) in [6.45, 7) is 2.26. The van der Waals surface area contributed by atoms with E-state index in [1.807, 2.05) is 0 Å². The standard InChI is InChI=1S/C13H17N3O2/c1-9-2-5-13(14,6-3-9)12-15-11(18-16-12)10-4-7-17-8-10/h4,7-9H,2-3,5-6,14H2,1H3. The zero-order valence-corrected chi connectivity index (χ0v) is 10.4. The first-order valence-corrected chi connectivity index (χ1v) is 6.33. The van der Waals surface area contributed by atoms with Crippen molar-refractivity contribution in [1.82, 2.24) is 10.1 Å². The number of hydrogen-bond donors (Lipinski definition) is 1. The fourth-order valence-corrected chi connectivity index (χ4v) is 2.43. The summed E-state index contributed by atoms with van der Waals surface area (Å²) in [7, 11) is 0. The molecule has 2 aromatic heterocycles. The van der Waals surface area contributed by atoms with Crippen molar-refractivity contribution < 1.29 is 8.94 Å². The minimum Gasteiger partial charge on any atom is -0.472 e. The average Bonchev–Trinajstić information content (AvgIpc) is 3.01. The molecule has 1 aliphatic rings. The summed E-state index contributed by atoms with van der Waals surface area (Å²) in [5.74, 6) is 1.83. The molecule has 0 unspecified atom stereocenters. The van der Waals surface area contributed by atoms with Gasteiger partial charge in [0, 0.05) is 0 Å². The number of hydrogen-bond acceptors (Lipinski definition) is 5. The second-order valence-electron chi connectivity index (χ2n) is 5.27. The van der Waals surface area contributed by atoms with Gasteiger partial charge in [0.1, 0.15) is 6.26 Å². The molecule has 18 heavy (non-hydrogen) atoms. The van der Waals surface area contributed by atoms with Crippen molar-refractivity contribution in [2.45, 2.75) is 38.1 Å². The first-order valence-electron chi connectivity index (χ1n) is 6.33. The monoisotopic (exact) mass is 247 g/mol. The van der Waals surface area contributed by atoms with Crippen LogP contribution in [0.4, 0.5) is 0 Å². The highest BCUT2D eigenvalue weighted by atomic mass is 16.5. The second kappa shape index (κ2) is 4.24. The zero-order chi connectivity index (χ0) is 12.6. The first kappa shape index (κ1) is 11.5. The molecule has 2 heterocycles. The third-order valence-corrected chi connectivity index (χ3v) is 3.81. The van der Waals surface area contributed by atoms with Crippen LogP contribution in [0.2, 0.25) is 0 Å². The minimum absolute atomic E-state index is 0.433. The van der Waals surface area contributed by atoms with Crippen molar-refractivity contribution in [2.75, 3.05) is 0 Å². The van der Waals surface area contributed by atoms with E-state index in [2.05, 4.69) is 17.1 Å². The predicted octanol–water partition coefficient (Wildman–Crippen LogP) is 2.69. The summed E-state index contributed by atoms with van der Waals surface area (Å²) < 4.78 is 10.3. The Labute approximate surface area is 105 Å². The molecule has 96 valence electrons. The summed E-state index contributed by atoms with van der Waals surface area (Å²) in [4.78, 5) is 4.41. The lowest BCUT2D eigenvalue weighted by Gasteiger charge is -2.33. The molecule has 5 nitrogen and oxygen atoms in total. The number of nitrogens with zero attached hydrogens (tertiary/aromatic N) is 2. The van der Waals surface area contributed by atoms with Crippen LogP contribution in [0.3, 0.4) is 0 Å². The van der Waals surface area contributed by atoms with E-state index in [-0.39, 0.29) is 0 Å². The Balaban J connectivity index is 1.85. The molecule has 0 saturated heterocycles. The summed E-state index contributed by atoms with van der Waals surface area (Å²) in [5, 5.41) is 4.04. The van der Waals surface area contributed by atoms with Gasteiger partial charge in [-0.3, -0.25) is 0 Å². The highest BCUT2D eigenvalue weighted by molar-refractivity contribution is 5.49. The van der Waals surface area contributed by atoms with Crippen molar-refractivity contribution in [2.24, 2.45) is 11.7 Å². The van der Waals surface area contributed by atoms with Crippen molar-refractivity contribution in [1.29, 1.82) is 0 Å². The van der Waals surface area contributed by atoms with Crippen molar-refractivity contribution in [3.63, 3.8) is 0 Å². The lowest BCUT2D eigenvalue weighted by Crippen LogP contribution is -2.41. The Morgan fingerprint density at radius 2 is 2.17 bits per heavy atom. The van der Waals surface area contributed by atoms with Crippen LogP contribution in [-0.4, -0.2) is 10.1 Å². The van der Waals surface area contributed by atoms with Gasteiger partial charge in [0.25, 0.3) is 5.89 Å². The molecule has 0 aromatic carbocycles. The Morgan fingerprint density at radius 3 is 2.83 bits per heavy atom. The van der Waals surface area contributed by atoms with Gasteiger partial charge in [0.15, 0.2) is 5.82 Å². The molecule has 0 radical (unpaired) electrons. The highest BCUT2D eigenvalue weighted by Gasteiger charge is 2.36. The van der Waals surface area contributed by atoms with Gasteiger partial charge in [-0.2, -0.15) is 4.98 Å². The maximum absolute atomic E-state index is 6.40. The van der Waals surface area contributed by atoms with E-state index >= 15 is 0 Å². The average molecular weight is 247 g/mol. The molecule has 0 atom stereocenters. The Morgan fingerprint density at radius 1 is 1.39 bits per heavy atom. The largest absolute Gasteiger partial charge is 0.472 e. The van der Waals surface area contributed by atoms with E-state index in [1.165, 1.54) is 0 Å². The Hall–Kier alpha value is -1.62. The van der Waals surface area contributed by atoms with Crippen molar-refractivity contribution >= 4 is 0 Å². The number of nitrogens with two attached hydrogens (primary N) is 1. The van der Waals surface area contributed by atoms with Crippen LogP contribution >= 0.6 is 0 Å². The summed E-state index contributed by atoms with van der Waals surface area (Å²) in [6.07, 6.45) is 7.23. The molecule has 1 saturated carbocycles. The van der Waals surface area contributed by atoms with Crippen LogP contribution in [0.15, 0.2) is 27.5 Å². The minimum atomic E-state index is -0.433. The summed E-state index contributed by atoms with van der Waals surface area (Å²) >= 11 is 0. The lowest BCUT2D eigenvalue weighted by molar-refractivity contribution is 0.230. The first-order chi connectivity index (χ1) is 8.67. The van der Waals surface area contributed by atoms with Crippen molar-refractivity contribution in [3.05, 3.63) is 24.4 Å². The molecule has 0 spiro atoms. The third-order valence-electron chi connectivity index (χ3n) is 3.81. The number of furan rings is 1. The van der Waals surface area contributed by atoms with Gasteiger partial charge in [0.2, 0.25) is 0 Å². The molecule has 5 heteroatoms. The van der Waals surface area contributed by atoms with E-state index in [0.29, 0.717) is 11.7 Å². The van der Waals surface area contributed by atoms with Crippen LogP contribution in [0.1, 0.15) is 38.4 Å². The van der Waals surface area contributed by atoms with E-state index in [9.17, 15) is 0 Å².